The fourth-order valence-corrected chi connectivity index (χ4v) is 2.52. The third-order valence-electron chi connectivity index (χ3n) is 2.54. The van der Waals surface area contributed by atoms with Crippen molar-refractivity contribution in [2.75, 3.05) is 7.05 Å². The van der Waals surface area contributed by atoms with Gasteiger partial charge in [0.05, 0.1) is 0 Å². The molecule has 1 atom stereocenters. The van der Waals surface area contributed by atoms with Gasteiger partial charge in [-0.05, 0) is 24.6 Å². The second-order valence-corrected chi connectivity index (χ2v) is 6.31. The summed E-state index contributed by atoms with van der Waals surface area (Å²) in [4.78, 5) is 10.7. The molecule has 1 aromatic rings. The molecule has 0 aliphatic carbocycles. The first-order chi connectivity index (χ1) is 8.25. The van der Waals surface area contributed by atoms with Gasteiger partial charge in [-0.25, -0.2) is 8.42 Å². The van der Waals surface area contributed by atoms with Gasteiger partial charge in [0.15, 0.2) is 5.25 Å². The summed E-state index contributed by atoms with van der Waals surface area (Å²) in [5.41, 5.74) is 0.582. The van der Waals surface area contributed by atoms with Gasteiger partial charge in [0, 0.05) is 13.6 Å². The van der Waals surface area contributed by atoms with Gasteiger partial charge in [0.2, 0.25) is 10.0 Å². The minimum Gasteiger partial charge on any atom is -0.508 e. The lowest BCUT2D eigenvalue weighted by molar-refractivity contribution is -0.136. The highest BCUT2D eigenvalue weighted by Crippen LogP contribution is 2.15. The molecule has 0 bridgehead atoms. The van der Waals surface area contributed by atoms with Crippen molar-refractivity contribution in [3.8, 4) is 5.75 Å². The molecule has 6 nitrogen and oxygen atoms in total. The zero-order valence-corrected chi connectivity index (χ0v) is 10.9. The maximum atomic E-state index is 11.8. The molecule has 0 amide bonds. The predicted octanol–water partition coefficient (Wildman–Crippen LogP) is 0.627. The summed E-state index contributed by atoms with van der Waals surface area (Å²) in [5.74, 6) is -1.36. The van der Waals surface area contributed by atoms with Crippen molar-refractivity contribution >= 4 is 16.0 Å². The molecule has 0 saturated carbocycles. The second-order valence-electron chi connectivity index (χ2n) is 3.95. The van der Waals surface area contributed by atoms with Crippen molar-refractivity contribution in [3.05, 3.63) is 29.8 Å². The van der Waals surface area contributed by atoms with Crippen molar-refractivity contribution in [2.24, 2.45) is 0 Å². The average Bonchev–Trinajstić information content (AvgIpc) is 2.27. The lowest BCUT2D eigenvalue weighted by Gasteiger charge is -2.19. The van der Waals surface area contributed by atoms with E-state index in [9.17, 15) is 18.3 Å². The van der Waals surface area contributed by atoms with Crippen LogP contribution in [0, 0.1) is 0 Å². The third-order valence-corrected chi connectivity index (χ3v) is 4.64. The first-order valence-corrected chi connectivity index (χ1v) is 6.71. The van der Waals surface area contributed by atoms with E-state index in [2.05, 4.69) is 0 Å². The Morgan fingerprint density at radius 2 is 2.06 bits per heavy atom. The van der Waals surface area contributed by atoms with Gasteiger partial charge >= 0.3 is 5.97 Å². The van der Waals surface area contributed by atoms with Crippen LogP contribution in [0.5, 0.6) is 5.75 Å². The van der Waals surface area contributed by atoms with Gasteiger partial charge < -0.3 is 10.2 Å². The average molecular weight is 273 g/mol. The highest BCUT2D eigenvalue weighted by atomic mass is 32.2. The minimum absolute atomic E-state index is 0.00829. The van der Waals surface area contributed by atoms with Gasteiger partial charge in [-0.3, -0.25) is 4.79 Å². The van der Waals surface area contributed by atoms with E-state index in [1.165, 1.54) is 19.2 Å². The normalized spacial score (nSPS) is 13.5. The molecule has 0 aliphatic heterocycles. The van der Waals surface area contributed by atoms with Crippen LogP contribution >= 0.6 is 0 Å². The first kappa shape index (κ1) is 14.5. The van der Waals surface area contributed by atoms with Crippen LogP contribution in [0.2, 0.25) is 0 Å². The largest absolute Gasteiger partial charge is 0.508 e. The van der Waals surface area contributed by atoms with Crippen LogP contribution < -0.4 is 0 Å². The van der Waals surface area contributed by atoms with Gasteiger partial charge in [0.1, 0.15) is 5.75 Å². The van der Waals surface area contributed by atoms with Gasteiger partial charge in [-0.15, -0.1) is 0 Å². The number of nitrogens with zero attached hydrogens (tertiary/aromatic N) is 1. The van der Waals surface area contributed by atoms with Crippen LogP contribution in [0.25, 0.3) is 0 Å². The molecule has 18 heavy (non-hydrogen) atoms. The van der Waals surface area contributed by atoms with E-state index in [-0.39, 0.29) is 12.3 Å². The Morgan fingerprint density at radius 3 is 2.56 bits per heavy atom. The number of sulfonamides is 1. The van der Waals surface area contributed by atoms with Gasteiger partial charge in [-0.1, -0.05) is 12.1 Å². The molecule has 0 heterocycles. The Balaban J connectivity index is 2.89. The maximum Gasteiger partial charge on any atom is 0.323 e. The quantitative estimate of drug-likeness (QED) is 0.820. The molecule has 0 aromatic heterocycles. The molecule has 0 aliphatic rings. The van der Waals surface area contributed by atoms with E-state index in [1.807, 2.05) is 0 Å². The highest BCUT2D eigenvalue weighted by Gasteiger charge is 2.31. The molecule has 1 aromatic carbocycles. The van der Waals surface area contributed by atoms with E-state index in [0.29, 0.717) is 5.56 Å². The number of phenolic OH excluding ortho intramolecular Hbond substituents is 1. The summed E-state index contributed by atoms with van der Waals surface area (Å²) in [6.45, 7) is 1.13. The molecule has 7 heteroatoms. The lowest BCUT2D eigenvalue weighted by atomic mass is 10.2. The van der Waals surface area contributed by atoms with Crippen LogP contribution in [-0.2, 0) is 21.4 Å². The van der Waals surface area contributed by atoms with Crippen LogP contribution in [0.3, 0.4) is 0 Å². The number of carbonyl (C=O) groups is 1. The molecular formula is C11H15NO5S. The fourth-order valence-electron chi connectivity index (χ4n) is 1.40. The number of aromatic hydroxyl groups is 1. The van der Waals surface area contributed by atoms with Crippen molar-refractivity contribution in [2.45, 2.75) is 18.7 Å². The first-order valence-electron chi connectivity index (χ1n) is 5.21. The van der Waals surface area contributed by atoms with Crippen molar-refractivity contribution in [1.29, 1.82) is 0 Å². The molecule has 0 fully saturated rings. The number of rotatable bonds is 5. The molecule has 1 unspecified atom stereocenters. The summed E-state index contributed by atoms with van der Waals surface area (Å²) in [6.07, 6.45) is 0. The van der Waals surface area contributed by atoms with Gasteiger partial charge in [-0.2, -0.15) is 4.31 Å². The number of carboxylic acid groups (broad SMARTS) is 1. The Kier molecular flexibility index (Phi) is 4.31. The highest BCUT2D eigenvalue weighted by molar-refractivity contribution is 7.90. The van der Waals surface area contributed by atoms with E-state index >= 15 is 0 Å². The number of phenols is 1. The Morgan fingerprint density at radius 1 is 1.44 bits per heavy atom. The Labute approximate surface area is 106 Å². The van der Waals surface area contributed by atoms with E-state index in [1.54, 1.807) is 12.1 Å². The monoisotopic (exact) mass is 273 g/mol. The zero-order valence-electron chi connectivity index (χ0n) is 10.1. The molecule has 0 spiro atoms. The van der Waals surface area contributed by atoms with Crippen molar-refractivity contribution in [3.63, 3.8) is 0 Å². The molecule has 100 valence electrons. The summed E-state index contributed by atoms with van der Waals surface area (Å²) in [6, 6.07) is 6.14. The topological polar surface area (TPSA) is 94.9 Å². The smallest absolute Gasteiger partial charge is 0.323 e. The third kappa shape index (κ3) is 3.21. The SMILES string of the molecule is CC(C(=O)O)S(=O)(=O)N(C)Cc1cccc(O)c1. The van der Waals surface area contributed by atoms with E-state index in [4.69, 9.17) is 5.11 Å². The van der Waals surface area contributed by atoms with Crippen LogP contribution in [-0.4, -0.2) is 41.2 Å². The van der Waals surface area contributed by atoms with Crippen molar-refractivity contribution in [1.82, 2.24) is 4.31 Å². The van der Waals surface area contributed by atoms with Crippen LogP contribution in [0.4, 0.5) is 0 Å². The summed E-state index contributed by atoms with van der Waals surface area (Å²) in [7, 11) is -2.59. The van der Waals surface area contributed by atoms with Gasteiger partial charge in [0.25, 0.3) is 0 Å². The molecule has 0 saturated heterocycles. The molecule has 2 N–H and O–H groups in total. The van der Waals surface area contributed by atoms with Crippen molar-refractivity contribution < 1.29 is 23.4 Å². The maximum absolute atomic E-state index is 11.8. The van der Waals surface area contributed by atoms with Crippen LogP contribution in [0.15, 0.2) is 24.3 Å². The number of hydrogen-bond acceptors (Lipinski definition) is 4. The molecule has 1 rings (SSSR count). The minimum atomic E-state index is -3.90. The summed E-state index contributed by atoms with van der Waals surface area (Å²) >= 11 is 0. The molecular weight excluding hydrogens is 258 g/mol. The number of benzene rings is 1. The fraction of sp³-hybridized carbons (Fsp3) is 0.364. The predicted molar refractivity (Wildman–Crippen MR) is 65.6 cm³/mol. The summed E-state index contributed by atoms with van der Waals surface area (Å²) in [5, 5.41) is 16.5. The lowest BCUT2D eigenvalue weighted by Crippen LogP contribution is -2.38. The van der Waals surface area contributed by atoms with E-state index in [0.717, 1.165) is 11.2 Å². The van der Waals surface area contributed by atoms with E-state index < -0.39 is 21.2 Å². The number of carboxylic acids is 1. The molecule has 0 radical (unpaired) electrons. The Bertz CT molecular complexity index is 540. The summed E-state index contributed by atoms with van der Waals surface area (Å²) < 4.78 is 24.6. The number of aliphatic carboxylic acids is 1. The Hall–Kier alpha value is -1.60. The van der Waals surface area contributed by atoms with Crippen LogP contribution in [0.1, 0.15) is 12.5 Å². The zero-order chi connectivity index (χ0) is 13.9. The standard InChI is InChI=1S/C11H15NO5S/c1-8(11(14)15)18(16,17)12(2)7-9-4-3-5-10(13)6-9/h3-6,8,13H,7H2,1-2H3,(H,14,15). The number of hydrogen-bond donors (Lipinski definition) is 2. The second kappa shape index (κ2) is 5.36.